The van der Waals surface area contributed by atoms with Gasteiger partial charge in [0.25, 0.3) is 0 Å². The minimum Gasteiger partial charge on any atom is -0.308 e. The Kier molecular flexibility index (Phi) is 4.96. The van der Waals surface area contributed by atoms with E-state index in [1.807, 2.05) is 0 Å². The molecule has 116 valence electrons. The second-order valence-corrected chi connectivity index (χ2v) is 6.40. The maximum atomic E-state index is 11.6. The molecule has 1 aromatic carbocycles. The predicted octanol–water partition coefficient (Wildman–Crippen LogP) is 1.73. The van der Waals surface area contributed by atoms with E-state index in [2.05, 4.69) is 26.8 Å². The van der Waals surface area contributed by atoms with E-state index in [0.29, 0.717) is 10.7 Å². The lowest BCUT2D eigenvalue weighted by atomic mass is 10.1. The van der Waals surface area contributed by atoms with Crippen LogP contribution in [-0.4, -0.2) is 31.1 Å². The van der Waals surface area contributed by atoms with Gasteiger partial charge in [-0.05, 0) is 17.7 Å². The van der Waals surface area contributed by atoms with Gasteiger partial charge in [-0.1, -0.05) is 30.3 Å². The number of amides is 1. The lowest BCUT2D eigenvalue weighted by molar-refractivity contribution is -0.115. The average molecular weight is 341 g/mol. The Labute approximate surface area is 132 Å². The zero-order valence-corrected chi connectivity index (χ0v) is 12.9. The Morgan fingerprint density at radius 2 is 2.05 bits per heavy atom. The number of aromatic amines is 1. The van der Waals surface area contributed by atoms with Gasteiger partial charge in [-0.15, -0.1) is 0 Å². The molecule has 0 aliphatic carbocycles. The number of hydrogen-bond donors (Lipinski definition) is 3. The molecule has 0 saturated heterocycles. The van der Waals surface area contributed by atoms with Gasteiger partial charge in [0.05, 0.1) is 12.2 Å². The highest BCUT2D eigenvalue weighted by atomic mass is 35.5. The van der Waals surface area contributed by atoms with Crippen LogP contribution in [0.2, 0.25) is 5.02 Å². The zero-order chi connectivity index (χ0) is 16.2. The molecule has 0 radical (unpaired) electrons. The van der Waals surface area contributed by atoms with Crippen molar-refractivity contribution in [3.8, 4) is 11.3 Å². The number of benzene rings is 1. The van der Waals surface area contributed by atoms with Gasteiger partial charge >= 0.3 is 0 Å². The molecule has 1 heterocycles. The summed E-state index contributed by atoms with van der Waals surface area (Å²) >= 11 is 5.81. The third-order valence-electron chi connectivity index (χ3n) is 2.65. The number of rotatable bonds is 6. The Hall–Kier alpha value is -2.16. The van der Waals surface area contributed by atoms with Crippen molar-refractivity contribution in [1.29, 1.82) is 0 Å². The fourth-order valence-corrected chi connectivity index (χ4v) is 2.15. The molecule has 1 amide bonds. The van der Waals surface area contributed by atoms with Crippen LogP contribution in [-0.2, 0) is 14.8 Å². The monoisotopic (exact) mass is 340 g/mol. The minimum atomic E-state index is -3.64. The number of H-pyrrole nitrogens is 1. The molecule has 0 bridgehead atoms. The van der Waals surface area contributed by atoms with E-state index in [0.717, 1.165) is 11.0 Å². The number of carbonyl (C=O) groups is 1. The van der Waals surface area contributed by atoms with E-state index in [4.69, 9.17) is 11.6 Å². The highest BCUT2D eigenvalue weighted by Crippen LogP contribution is 2.21. The number of hydrogen-bond acceptors (Lipinski definition) is 4. The van der Waals surface area contributed by atoms with Gasteiger partial charge in [-0.2, -0.15) is 5.10 Å². The minimum absolute atomic E-state index is 0.285. The quantitative estimate of drug-likeness (QED) is 0.744. The molecule has 3 N–H and O–H groups in total. The fourth-order valence-electron chi connectivity index (χ4n) is 1.58. The number of anilines is 1. The van der Waals surface area contributed by atoms with Crippen molar-refractivity contribution in [3.05, 3.63) is 47.3 Å². The Bertz CT molecular complexity index is 784. The molecule has 7 nitrogen and oxygen atoms in total. The summed E-state index contributed by atoms with van der Waals surface area (Å²) in [5.74, 6) is -0.257. The van der Waals surface area contributed by atoms with Crippen LogP contribution in [0.5, 0.6) is 0 Å². The van der Waals surface area contributed by atoms with Crippen LogP contribution in [0.1, 0.15) is 0 Å². The number of aromatic nitrogens is 2. The molecule has 2 rings (SSSR count). The van der Waals surface area contributed by atoms with Crippen LogP contribution in [0, 0.1) is 0 Å². The summed E-state index contributed by atoms with van der Waals surface area (Å²) in [6, 6.07) is 8.71. The van der Waals surface area contributed by atoms with Crippen LogP contribution in [0.3, 0.4) is 0 Å². The second-order valence-electron chi connectivity index (χ2n) is 4.25. The SMILES string of the molecule is C=CS(=O)(=O)NCC(=O)Nc1cc(-c2ccc(Cl)cc2)[nH]n1. The molecule has 0 saturated carbocycles. The van der Waals surface area contributed by atoms with E-state index in [9.17, 15) is 13.2 Å². The van der Waals surface area contributed by atoms with Gasteiger partial charge in [-0.25, -0.2) is 13.1 Å². The summed E-state index contributed by atoms with van der Waals surface area (Å²) in [4.78, 5) is 11.6. The maximum absolute atomic E-state index is 11.6. The first kappa shape index (κ1) is 16.2. The van der Waals surface area contributed by atoms with Gasteiger partial charge in [0.1, 0.15) is 0 Å². The zero-order valence-electron chi connectivity index (χ0n) is 11.3. The third kappa shape index (κ3) is 4.42. The molecular formula is C13H13ClN4O3S. The first-order chi connectivity index (χ1) is 10.4. The summed E-state index contributed by atoms with van der Waals surface area (Å²) in [6.45, 7) is 2.72. The molecule has 0 atom stereocenters. The number of sulfonamides is 1. The summed E-state index contributed by atoms with van der Waals surface area (Å²) < 4.78 is 24.3. The number of carbonyl (C=O) groups excluding carboxylic acids is 1. The fraction of sp³-hybridized carbons (Fsp3) is 0.0769. The van der Waals surface area contributed by atoms with Gasteiger partial charge in [0.15, 0.2) is 5.82 Å². The predicted molar refractivity (Wildman–Crippen MR) is 84.8 cm³/mol. The summed E-state index contributed by atoms with van der Waals surface area (Å²) in [6.07, 6.45) is 0. The lowest BCUT2D eigenvalue weighted by Crippen LogP contribution is -2.31. The normalized spacial score (nSPS) is 11.1. The van der Waals surface area contributed by atoms with Gasteiger partial charge in [0.2, 0.25) is 15.9 Å². The molecule has 9 heteroatoms. The Morgan fingerprint density at radius 3 is 2.68 bits per heavy atom. The highest BCUT2D eigenvalue weighted by Gasteiger charge is 2.10. The highest BCUT2D eigenvalue weighted by molar-refractivity contribution is 7.92. The van der Waals surface area contributed by atoms with Crippen molar-refractivity contribution in [2.45, 2.75) is 0 Å². The van der Waals surface area contributed by atoms with Crippen LogP contribution in [0.25, 0.3) is 11.3 Å². The summed E-state index contributed by atoms with van der Waals surface area (Å²) in [5, 5.41) is 10.5. The Morgan fingerprint density at radius 1 is 1.36 bits per heavy atom. The van der Waals surface area contributed by atoms with E-state index in [1.54, 1.807) is 30.3 Å². The van der Waals surface area contributed by atoms with E-state index < -0.39 is 22.5 Å². The van der Waals surface area contributed by atoms with Crippen molar-refractivity contribution >= 4 is 33.3 Å². The third-order valence-corrected chi connectivity index (χ3v) is 3.89. The van der Waals surface area contributed by atoms with Crippen molar-refractivity contribution < 1.29 is 13.2 Å². The molecular weight excluding hydrogens is 328 g/mol. The topological polar surface area (TPSA) is 104 Å². The largest absolute Gasteiger partial charge is 0.308 e. The Balaban J connectivity index is 1.98. The van der Waals surface area contributed by atoms with E-state index in [-0.39, 0.29) is 5.82 Å². The second kappa shape index (κ2) is 6.73. The van der Waals surface area contributed by atoms with Crippen molar-refractivity contribution in [2.24, 2.45) is 0 Å². The molecule has 2 aromatic rings. The summed E-state index contributed by atoms with van der Waals surface area (Å²) in [7, 11) is -3.64. The first-order valence-electron chi connectivity index (χ1n) is 6.13. The standard InChI is InChI=1S/C13H13ClN4O3S/c1-2-22(20,21)15-8-13(19)16-12-7-11(17-18-12)9-3-5-10(14)6-4-9/h2-7,15H,1,8H2,(H2,16,17,18,19). The smallest absolute Gasteiger partial charge is 0.240 e. The summed E-state index contributed by atoms with van der Waals surface area (Å²) in [5.41, 5.74) is 1.54. The van der Waals surface area contributed by atoms with Crippen LogP contribution < -0.4 is 10.0 Å². The van der Waals surface area contributed by atoms with Crippen LogP contribution >= 0.6 is 11.6 Å². The van der Waals surface area contributed by atoms with Crippen molar-refractivity contribution in [3.63, 3.8) is 0 Å². The first-order valence-corrected chi connectivity index (χ1v) is 8.05. The van der Waals surface area contributed by atoms with Crippen LogP contribution in [0.4, 0.5) is 5.82 Å². The molecule has 22 heavy (non-hydrogen) atoms. The van der Waals surface area contributed by atoms with E-state index in [1.165, 1.54) is 0 Å². The van der Waals surface area contributed by atoms with Crippen molar-refractivity contribution in [2.75, 3.05) is 11.9 Å². The molecule has 0 unspecified atom stereocenters. The molecule has 0 fully saturated rings. The maximum Gasteiger partial charge on any atom is 0.240 e. The molecule has 0 spiro atoms. The molecule has 0 aliphatic heterocycles. The number of nitrogens with zero attached hydrogens (tertiary/aromatic N) is 1. The number of halogens is 1. The molecule has 0 aliphatic rings. The van der Waals surface area contributed by atoms with Crippen molar-refractivity contribution in [1.82, 2.24) is 14.9 Å². The van der Waals surface area contributed by atoms with Gasteiger partial charge in [-0.3, -0.25) is 9.89 Å². The average Bonchev–Trinajstić information content (AvgIpc) is 2.94. The lowest BCUT2D eigenvalue weighted by Gasteiger charge is -2.02. The van der Waals surface area contributed by atoms with E-state index >= 15 is 0 Å². The van der Waals surface area contributed by atoms with Gasteiger partial charge < -0.3 is 5.32 Å². The van der Waals surface area contributed by atoms with Gasteiger partial charge in [0, 0.05) is 16.5 Å². The number of nitrogens with one attached hydrogen (secondary N) is 3. The molecule has 1 aromatic heterocycles. The van der Waals surface area contributed by atoms with Crippen LogP contribution in [0.15, 0.2) is 42.3 Å².